The zero-order valence-electron chi connectivity index (χ0n) is 16.1. The molecule has 1 aliphatic rings. The van der Waals surface area contributed by atoms with E-state index in [0.29, 0.717) is 16.6 Å². The number of carbonyl (C=O) groups excluding carboxylic acids is 2. The summed E-state index contributed by atoms with van der Waals surface area (Å²) >= 11 is 0. The number of halogens is 2. The molecule has 1 unspecified atom stereocenters. The van der Waals surface area contributed by atoms with E-state index in [1.54, 1.807) is 24.3 Å². The maximum absolute atomic E-state index is 12.9. The molecule has 2 atom stereocenters. The molecule has 1 saturated heterocycles. The molecule has 30 heavy (non-hydrogen) atoms. The van der Waals surface area contributed by atoms with Crippen molar-refractivity contribution >= 4 is 28.4 Å². The van der Waals surface area contributed by atoms with Crippen molar-refractivity contribution in [2.45, 2.75) is 24.8 Å². The first-order valence-corrected chi connectivity index (χ1v) is 9.79. The highest BCUT2D eigenvalue weighted by Gasteiger charge is 2.33. The smallest absolute Gasteiger partial charge is 0.267 e. The summed E-state index contributed by atoms with van der Waals surface area (Å²) in [5.41, 5.74) is 2.60. The molecule has 1 fully saturated rings. The molecule has 1 aromatic heterocycles. The van der Waals surface area contributed by atoms with Crippen LogP contribution < -0.4 is 16.0 Å². The Morgan fingerprint density at radius 1 is 1.10 bits per heavy atom. The van der Waals surface area contributed by atoms with E-state index < -0.39 is 18.9 Å². The number of alkyl halides is 2. The van der Waals surface area contributed by atoms with E-state index in [4.69, 9.17) is 0 Å². The Hall–Kier alpha value is -3.26. The van der Waals surface area contributed by atoms with Crippen molar-refractivity contribution < 1.29 is 18.4 Å². The highest BCUT2D eigenvalue weighted by molar-refractivity contribution is 6.01. The molecule has 6 nitrogen and oxygen atoms in total. The van der Waals surface area contributed by atoms with Gasteiger partial charge in [0.25, 0.3) is 12.3 Å². The monoisotopic (exact) mass is 412 g/mol. The first kappa shape index (κ1) is 20.0. The van der Waals surface area contributed by atoms with E-state index in [1.165, 1.54) is 0 Å². The SMILES string of the molecule is O=C(NCC(F)F)c1cc2cc(NC(=O)C3NCC[C@@H]3c3ccccc3)ccc2[nH]1. The van der Waals surface area contributed by atoms with Gasteiger partial charge in [0.05, 0.1) is 12.6 Å². The van der Waals surface area contributed by atoms with Gasteiger partial charge in [-0.1, -0.05) is 30.3 Å². The Morgan fingerprint density at radius 2 is 1.90 bits per heavy atom. The third-order valence-corrected chi connectivity index (χ3v) is 5.28. The van der Waals surface area contributed by atoms with Gasteiger partial charge in [0.1, 0.15) is 5.69 Å². The number of anilines is 1. The molecular weight excluding hydrogens is 390 g/mol. The highest BCUT2D eigenvalue weighted by Crippen LogP contribution is 2.29. The van der Waals surface area contributed by atoms with Crippen LogP contribution in [-0.2, 0) is 4.79 Å². The van der Waals surface area contributed by atoms with Crippen LogP contribution >= 0.6 is 0 Å². The summed E-state index contributed by atoms with van der Waals surface area (Å²) in [7, 11) is 0. The Morgan fingerprint density at radius 3 is 2.67 bits per heavy atom. The maximum atomic E-state index is 12.9. The van der Waals surface area contributed by atoms with Crippen molar-refractivity contribution in [2.24, 2.45) is 0 Å². The van der Waals surface area contributed by atoms with Crippen molar-refractivity contribution in [1.29, 1.82) is 0 Å². The average molecular weight is 412 g/mol. The van der Waals surface area contributed by atoms with Gasteiger partial charge in [-0.3, -0.25) is 9.59 Å². The minimum absolute atomic E-state index is 0.104. The molecule has 1 aliphatic heterocycles. The first-order valence-electron chi connectivity index (χ1n) is 9.79. The lowest BCUT2D eigenvalue weighted by Gasteiger charge is -2.19. The van der Waals surface area contributed by atoms with Crippen LogP contribution in [0.2, 0.25) is 0 Å². The summed E-state index contributed by atoms with van der Waals surface area (Å²) in [4.78, 5) is 27.8. The molecule has 4 rings (SSSR count). The van der Waals surface area contributed by atoms with Crippen molar-refractivity contribution in [1.82, 2.24) is 15.6 Å². The number of hydrogen-bond donors (Lipinski definition) is 4. The Kier molecular flexibility index (Phi) is 5.76. The summed E-state index contributed by atoms with van der Waals surface area (Å²) in [5, 5.41) is 9.08. The third-order valence-electron chi connectivity index (χ3n) is 5.28. The van der Waals surface area contributed by atoms with Gasteiger partial charge >= 0.3 is 0 Å². The van der Waals surface area contributed by atoms with Crippen LogP contribution in [0.5, 0.6) is 0 Å². The van der Waals surface area contributed by atoms with Gasteiger partial charge in [0, 0.05) is 22.5 Å². The summed E-state index contributed by atoms with van der Waals surface area (Å²) in [6.45, 7) is 0.0675. The lowest BCUT2D eigenvalue weighted by molar-refractivity contribution is -0.118. The number of carbonyl (C=O) groups is 2. The Bertz CT molecular complexity index is 1050. The predicted molar refractivity (Wildman–Crippen MR) is 111 cm³/mol. The van der Waals surface area contributed by atoms with Crippen molar-refractivity contribution in [2.75, 3.05) is 18.4 Å². The van der Waals surface area contributed by atoms with E-state index >= 15 is 0 Å². The topological polar surface area (TPSA) is 86.0 Å². The summed E-state index contributed by atoms with van der Waals surface area (Å²) in [6.07, 6.45) is -1.72. The average Bonchev–Trinajstić information content (AvgIpc) is 3.39. The molecule has 0 bridgehead atoms. The quantitative estimate of drug-likeness (QED) is 0.501. The third kappa shape index (κ3) is 4.33. The van der Waals surface area contributed by atoms with E-state index in [1.807, 2.05) is 30.3 Å². The second-order valence-electron chi connectivity index (χ2n) is 7.31. The molecule has 2 amide bonds. The maximum Gasteiger partial charge on any atom is 0.267 e. The molecular formula is C22H22F2N4O2. The standard InChI is InChI=1S/C22H22F2N4O2/c23-19(24)12-26-21(29)18-11-14-10-15(6-7-17(14)28-18)27-22(30)20-16(8-9-25-20)13-4-2-1-3-5-13/h1-7,10-11,16,19-20,25,28H,8-9,12H2,(H,26,29)(H,27,30)/t16-,20?/m1/s1. The molecule has 2 aromatic carbocycles. The molecule has 0 spiro atoms. The van der Waals surface area contributed by atoms with Crippen LogP contribution in [0.25, 0.3) is 10.9 Å². The minimum Gasteiger partial charge on any atom is -0.351 e. The largest absolute Gasteiger partial charge is 0.351 e. The highest BCUT2D eigenvalue weighted by atomic mass is 19.3. The van der Waals surface area contributed by atoms with Crippen molar-refractivity contribution in [3.8, 4) is 0 Å². The number of benzene rings is 2. The summed E-state index contributed by atoms with van der Waals surface area (Å²) in [5.74, 6) is -0.614. The van der Waals surface area contributed by atoms with Crippen molar-refractivity contribution in [3.05, 3.63) is 65.9 Å². The molecule has 0 saturated carbocycles. The summed E-state index contributed by atoms with van der Waals surface area (Å²) < 4.78 is 24.6. The lowest BCUT2D eigenvalue weighted by atomic mass is 9.91. The van der Waals surface area contributed by atoms with E-state index in [9.17, 15) is 18.4 Å². The van der Waals surface area contributed by atoms with Gasteiger partial charge in [0.2, 0.25) is 5.91 Å². The zero-order valence-corrected chi connectivity index (χ0v) is 16.1. The number of hydrogen-bond acceptors (Lipinski definition) is 3. The van der Waals surface area contributed by atoms with Gasteiger partial charge in [-0.2, -0.15) is 0 Å². The number of aromatic nitrogens is 1. The van der Waals surface area contributed by atoms with Crippen LogP contribution in [0, 0.1) is 0 Å². The number of aromatic amines is 1. The van der Waals surface area contributed by atoms with Gasteiger partial charge in [-0.25, -0.2) is 8.78 Å². The molecule has 0 aliphatic carbocycles. The number of fused-ring (bicyclic) bond motifs is 1. The van der Waals surface area contributed by atoms with E-state index in [-0.39, 0.29) is 23.6 Å². The molecule has 3 aromatic rings. The second-order valence-corrected chi connectivity index (χ2v) is 7.31. The van der Waals surface area contributed by atoms with Crippen LogP contribution in [0.3, 0.4) is 0 Å². The molecule has 4 N–H and O–H groups in total. The normalized spacial score (nSPS) is 18.6. The Balaban J connectivity index is 1.47. The number of rotatable bonds is 6. The van der Waals surface area contributed by atoms with E-state index in [0.717, 1.165) is 18.5 Å². The fraction of sp³-hybridized carbons (Fsp3) is 0.273. The van der Waals surface area contributed by atoms with Crippen LogP contribution in [0.1, 0.15) is 28.4 Å². The fourth-order valence-electron chi connectivity index (χ4n) is 3.86. The van der Waals surface area contributed by atoms with Gasteiger partial charge in [-0.15, -0.1) is 0 Å². The van der Waals surface area contributed by atoms with Gasteiger partial charge in [-0.05, 0) is 42.8 Å². The molecule has 8 heteroatoms. The fourth-order valence-corrected chi connectivity index (χ4v) is 3.86. The predicted octanol–water partition coefficient (Wildman–Crippen LogP) is 3.25. The van der Waals surface area contributed by atoms with Crippen LogP contribution in [-0.4, -0.2) is 42.4 Å². The zero-order chi connectivity index (χ0) is 21.1. The number of H-pyrrole nitrogens is 1. The van der Waals surface area contributed by atoms with Gasteiger partial charge < -0.3 is 20.9 Å². The second kappa shape index (κ2) is 8.62. The van der Waals surface area contributed by atoms with E-state index in [2.05, 4.69) is 20.9 Å². The Labute approximate surface area is 172 Å². The molecule has 0 radical (unpaired) electrons. The summed E-state index contributed by atoms with van der Waals surface area (Å²) in [6, 6.07) is 16.4. The van der Waals surface area contributed by atoms with Gasteiger partial charge in [0.15, 0.2) is 0 Å². The molecule has 156 valence electrons. The molecule has 2 heterocycles. The lowest BCUT2D eigenvalue weighted by Crippen LogP contribution is -2.39. The van der Waals surface area contributed by atoms with Crippen molar-refractivity contribution in [3.63, 3.8) is 0 Å². The van der Waals surface area contributed by atoms with Crippen LogP contribution in [0.4, 0.5) is 14.5 Å². The van der Waals surface area contributed by atoms with Crippen LogP contribution in [0.15, 0.2) is 54.6 Å². The minimum atomic E-state index is -2.61. The first-order chi connectivity index (χ1) is 14.5. The number of nitrogens with one attached hydrogen (secondary N) is 4. The number of amides is 2.